The molecule has 0 unspecified atom stereocenters. The first-order valence-electron chi connectivity index (χ1n) is 10.7. The van der Waals surface area contributed by atoms with Gasteiger partial charge in [-0.1, -0.05) is 6.92 Å². The summed E-state index contributed by atoms with van der Waals surface area (Å²) in [5.41, 5.74) is 5.70. The predicted molar refractivity (Wildman–Crippen MR) is 104 cm³/mol. The number of hydrogen-bond acceptors (Lipinski definition) is 4. The fourth-order valence-electron chi connectivity index (χ4n) is 3.51. The molecule has 2 aliphatic carbocycles. The van der Waals surface area contributed by atoms with Crippen molar-refractivity contribution in [3.05, 3.63) is 0 Å². The van der Waals surface area contributed by atoms with Gasteiger partial charge in [-0.25, -0.2) is 0 Å². The fourth-order valence-corrected chi connectivity index (χ4v) is 3.51. The average Bonchev–Trinajstić information content (AvgIpc) is 3.48. The zero-order valence-electron chi connectivity index (χ0n) is 16.1. The second-order valence-corrected chi connectivity index (χ2v) is 8.04. The Morgan fingerprint density at radius 3 is 1.75 bits per heavy atom. The van der Waals surface area contributed by atoms with Gasteiger partial charge in [-0.2, -0.15) is 0 Å². The van der Waals surface area contributed by atoms with E-state index in [0.29, 0.717) is 0 Å². The van der Waals surface area contributed by atoms with E-state index in [1.807, 2.05) is 0 Å². The minimum absolute atomic E-state index is 0.835. The Morgan fingerprint density at radius 1 is 0.792 bits per heavy atom. The molecular weight excluding hydrogens is 296 g/mol. The molecule has 0 heterocycles. The van der Waals surface area contributed by atoms with E-state index < -0.39 is 0 Å². The third kappa shape index (κ3) is 9.97. The van der Waals surface area contributed by atoms with Crippen LogP contribution in [-0.2, 0) is 0 Å². The van der Waals surface area contributed by atoms with Crippen LogP contribution in [-0.4, -0.2) is 68.7 Å². The van der Waals surface area contributed by atoms with E-state index in [0.717, 1.165) is 31.3 Å². The van der Waals surface area contributed by atoms with Gasteiger partial charge in [0.05, 0.1) is 0 Å². The molecule has 24 heavy (non-hydrogen) atoms. The van der Waals surface area contributed by atoms with Crippen LogP contribution in [0.4, 0.5) is 0 Å². The Kier molecular flexibility index (Phi) is 10.3. The first kappa shape index (κ1) is 20.2. The largest absolute Gasteiger partial charge is 0.330 e. The molecule has 142 valence electrons. The second-order valence-electron chi connectivity index (χ2n) is 8.04. The van der Waals surface area contributed by atoms with Gasteiger partial charge >= 0.3 is 0 Å². The van der Waals surface area contributed by atoms with E-state index in [1.165, 1.54) is 90.8 Å². The Bertz CT molecular complexity index is 302. The Balaban J connectivity index is 1.56. The van der Waals surface area contributed by atoms with Crippen LogP contribution in [0, 0.1) is 11.8 Å². The summed E-state index contributed by atoms with van der Waals surface area (Å²) >= 11 is 0. The monoisotopic (exact) mass is 338 g/mol. The molecule has 0 atom stereocenters. The molecule has 0 saturated heterocycles. The number of hydrogen-bond donors (Lipinski definition) is 2. The topological polar surface area (TPSA) is 44.5 Å². The Labute approximate surface area is 150 Å². The molecule has 0 aliphatic heterocycles. The van der Waals surface area contributed by atoms with Crippen molar-refractivity contribution in [2.24, 2.45) is 17.6 Å². The van der Waals surface area contributed by atoms with Crippen LogP contribution in [0.1, 0.15) is 58.3 Å². The van der Waals surface area contributed by atoms with Gasteiger partial charge in [0.25, 0.3) is 0 Å². The van der Waals surface area contributed by atoms with E-state index in [1.54, 1.807) is 0 Å². The van der Waals surface area contributed by atoms with Crippen molar-refractivity contribution < 1.29 is 0 Å². The molecule has 2 aliphatic rings. The molecule has 0 aromatic heterocycles. The Morgan fingerprint density at radius 2 is 1.29 bits per heavy atom. The van der Waals surface area contributed by atoms with Crippen LogP contribution in [0.25, 0.3) is 0 Å². The lowest BCUT2D eigenvalue weighted by atomic mass is 10.2. The van der Waals surface area contributed by atoms with Crippen LogP contribution >= 0.6 is 0 Å². The van der Waals surface area contributed by atoms with Gasteiger partial charge in [0.1, 0.15) is 0 Å². The number of rotatable bonds is 17. The highest BCUT2D eigenvalue weighted by Crippen LogP contribution is 2.30. The molecular formula is C20H42N4. The van der Waals surface area contributed by atoms with Crippen molar-refractivity contribution in [1.82, 2.24) is 15.1 Å². The summed E-state index contributed by atoms with van der Waals surface area (Å²) in [5, 5.41) is 3.45. The molecule has 0 aromatic rings. The van der Waals surface area contributed by atoms with Gasteiger partial charge in [0.2, 0.25) is 0 Å². The minimum Gasteiger partial charge on any atom is -0.330 e. The van der Waals surface area contributed by atoms with Crippen LogP contribution in [0.15, 0.2) is 0 Å². The van der Waals surface area contributed by atoms with Crippen molar-refractivity contribution in [2.45, 2.75) is 58.3 Å². The minimum atomic E-state index is 0.835. The maximum atomic E-state index is 5.70. The number of unbranched alkanes of at least 4 members (excludes halogenated alkanes) is 1. The summed E-state index contributed by atoms with van der Waals surface area (Å²) in [4.78, 5) is 5.42. The van der Waals surface area contributed by atoms with Crippen molar-refractivity contribution in [1.29, 1.82) is 0 Å². The highest BCUT2D eigenvalue weighted by molar-refractivity contribution is 4.79. The van der Waals surface area contributed by atoms with Crippen LogP contribution in [0.3, 0.4) is 0 Å². The molecule has 0 amide bonds. The SMILES string of the molecule is CCNCCCN(CCCCN(CCCN)CC1CC1)CC1CC1. The molecule has 0 radical (unpaired) electrons. The molecule has 2 rings (SSSR count). The van der Waals surface area contributed by atoms with Gasteiger partial charge in [0, 0.05) is 13.1 Å². The van der Waals surface area contributed by atoms with Crippen molar-refractivity contribution in [2.75, 3.05) is 58.9 Å². The molecule has 0 spiro atoms. The molecule has 3 N–H and O–H groups in total. The summed E-state index contributed by atoms with van der Waals surface area (Å²) < 4.78 is 0. The van der Waals surface area contributed by atoms with E-state index in [9.17, 15) is 0 Å². The van der Waals surface area contributed by atoms with E-state index in [4.69, 9.17) is 5.73 Å². The second kappa shape index (κ2) is 12.2. The highest BCUT2D eigenvalue weighted by Gasteiger charge is 2.25. The van der Waals surface area contributed by atoms with E-state index in [2.05, 4.69) is 22.0 Å². The maximum absolute atomic E-state index is 5.70. The van der Waals surface area contributed by atoms with Gasteiger partial charge < -0.3 is 20.9 Å². The molecule has 2 saturated carbocycles. The summed E-state index contributed by atoms with van der Waals surface area (Å²) in [7, 11) is 0. The van der Waals surface area contributed by atoms with Crippen molar-refractivity contribution in [3.8, 4) is 0 Å². The summed E-state index contributed by atoms with van der Waals surface area (Å²) in [5.74, 6) is 2.01. The lowest BCUT2D eigenvalue weighted by Crippen LogP contribution is -2.32. The maximum Gasteiger partial charge on any atom is 0.000967 e. The lowest BCUT2D eigenvalue weighted by Gasteiger charge is -2.24. The smallest absolute Gasteiger partial charge is 0.000967 e. The zero-order valence-corrected chi connectivity index (χ0v) is 16.1. The quantitative estimate of drug-likeness (QED) is 0.400. The third-order valence-corrected chi connectivity index (χ3v) is 5.38. The number of nitrogens with two attached hydrogens (primary N) is 1. The van der Waals surface area contributed by atoms with E-state index >= 15 is 0 Å². The Hall–Kier alpha value is -0.160. The fraction of sp³-hybridized carbons (Fsp3) is 1.00. The van der Waals surface area contributed by atoms with E-state index in [-0.39, 0.29) is 0 Å². The van der Waals surface area contributed by atoms with Crippen molar-refractivity contribution in [3.63, 3.8) is 0 Å². The molecule has 4 nitrogen and oxygen atoms in total. The van der Waals surface area contributed by atoms with Gasteiger partial charge in [-0.15, -0.1) is 0 Å². The molecule has 2 fully saturated rings. The average molecular weight is 339 g/mol. The van der Waals surface area contributed by atoms with Crippen LogP contribution in [0.2, 0.25) is 0 Å². The molecule has 4 heteroatoms. The standard InChI is InChI=1S/C20H42N4/c1-2-22-12-6-16-24(18-20-9-10-20)14-4-3-13-23(15-5-11-21)17-19-7-8-19/h19-20,22H,2-18,21H2,1H3. The highest BCUT2D eigenvalue weighted by atomic mass is 15.1. The van der Waals surface area contributed by atoms with Gasteiger partial charge in [-0.05, 0) is 109 Å². The van der Waals surface area contributed by atoms with Crippen molar-refractivity contribution >= 4 is 0 Å². The van der Waals surface area contributed by atoms with Gasteiger partial charge in [0.15, 0.2) is 0 Å². The number of nitrogens with zero attached hydrogens (tertiary/aromatic N) is 2. The summed E-state index contributed by atoms with van der Waals surface area (Å²) in [6.45, 7) is 13.1. The lowest BCUT2D eigenvalue weighted by molar-refractivity contribution is 0.228. The van der Waals surface area contributed by atoms with Crippen LogP contribution < -0.4 is 11.1 Å². The van der Waals surface area contributed by atoms with Crippen LogP contribution in [0.5, 0.6) is 0 Å². The summed E-state index contributed by atoms with van der Waals surface area (Å²) in [6, 6.07) is 0. The molecule has 0 bridgehead atoms. The first-order valence-corrected chi connectivity index (χ1v) is 10.7. The first-order chi connectivity index (χ1) is 11.8. The summed E-state index contributed by atoms with van der Waals surface area (Å²) in [6.07, 6.45) is 11.0. The van der Waals surface area contributed by atoms with Gasteiger partial charge in [-0.3, -0.25) is 0 Å². The number of nitrogens with one attached hydrogen (secondary N) is 1. The molecule has 0 aromatic carbocycles. The normalized spacial score (nSPS) is 18.0. The third-order valence-electron chi connectivity index (χ3n) is 5.38. The zero-order chi connectivity index (χ0) is 17.0. The predicted octanol–water partition coefficient (Wildman–Crippen LogP) is 2.54.